The summed E-state index contributed by atoms with van der Waals surface area (Å²) in [7, 11) is -3.04. The van der Waals surface area contributed by atoms with Gasteiger partial charge in [-0.1, -0.05) is 31.0 Å². The third kappa shape index (κ3) is 4.94. The van der Waals surface area contributed by atoms with Crippen LogP contribution in [-0.4, -0.2) is 65.1 Å². The molecule has 2 fully saturated rings. The Hall–Kier alpha value is -1.74. The van der Waals surface area contributed by atoms with Crippen LogP contribution in [0.25, 0.3) is 11.0 Å². The zero-order valence-electron chi connectivity index (χ0n) is 17.3. The van der Waals surface area contributed by atoms with Gasteiger partial charge in [0, 0.05) is 18.2 Å². The number of carbonyl (C=O) groups excluding carboxylic acids is 1. The first-order chi connectivity index (χ1) is 14.4. The predicted octanol–water partition coefficient (Wildman–Crippen LogP) is 3.40. The standard InChI is InChI=1S/C21H29N3O4S2/c1-2-28-17-8-9-18-19(12-17)23-21(22-18)29-13-20(25)24(15-6-4-3-5-7-15)16-10-11-30(26,27)14-16/h8-9,12,15-16H,2-7,10-11,13-14H2,1H3,(H,22,23)/t16-/m0/s1. The minimum absolute atomic E-state index is 0.0180. The fraction of sp³-hybridized carbons (Fsp3) is 0.619. The second-order valence-corrected chi connectivity index (χ2v) is 11.3. The molecule has 30 heavy (non-hydrogen) atoms. The van der Waals surface area contributed by atoms with E-state index in [2.05, 4.69) is 9.97 Å². The van der Waals surface area contributed by atoms with E-state index in [4.69, 9.17) is 4.74 Å². The number of ether oxygens (including phenoxy) is 1. The minimum Gasteiger partial charge on any atom is -0.494 e. The maximum absolute atomic E-state index is 13.2. The molecular weight excluding hydrogens is 422 g/mol. The summed E-state index contributed by atoms with van der Waals surface area (Å²) in [6, 6.07) is 5.68. The van der Waals surface area contributed by atoms with E-state index in [9.17, 15) is 13.2 Å². The quantitative estimate of drug-likeness (QED) is 0.649. The zero-order chi connectivity index (χ0) is 21.1. The van der Waals surface area contributed by atoms with E-state index in [0.29, 0.717) is 18.2 Å². The summed E-state index contributed by atoms with van der Waals surface area (Å²) in [4.78, 5) is 22.9. The van der Waals surface area contributed by atoms with Crippen molar-refractivity contribution in [1.82, 2.24) is 14.9 Å². The van der Waals surface area contributed by atoms with Crippen molar-refractivity contribution >= 4 is 38.5 Å². The maximum atomic E-state index is 13.2. The second kappa shape index (κ2) is 9.18. The number of rotatable bonds is 7. The lowest BCUT2D eigenvalue weighted by atomic mass is 9.93. The summed E-state index contributed by atoms with van der Waals surface area (Å²) >= 11 is 1.38. The average Bonchev–Trinajstić information content (AvgIpc) is 3.29. The van der Waals surface area contributed by atoms with Gasteiger partial charge in [0.25, 0.3) is 0 Å². The molecule has 1 saturated carbocycles. The SMILES string of the molecule is CCOc1ccc2nc(SCC(=O)N(C3CCCCC3)[C@H]3CCS(=O)(=O)C3)[nH]c2c1. The first-order valence-corrected chi connectivity index (χ1v) is 13.5. The fourth-order valence-corrected chi connectivity index (χ4v) is 7.02. The highest BCUT2D eigenvalue weighted by molar-refractivity contribution is 7.99. The van der Waals surface area contributed by atoms with E-state index >= 15 is 0 Å². The number of H-pyrrole nitrogens is 1. The van der Waals surface area contributed by atoms with Gasteiger partial charge in [0.1, 0.15) is 5.75 Å². The van der Waals surface area contributed by atoms with Crippen LogP contribution in [0, 0.1) is 0 Å². The second-order valence-electron chi connectivity index (χ2n) is 8.09. The molecule has 7 nitrogen and oxygen atoms in total. The molecule has 1 saturated heterocycles. The van der Waals surface area contributed by atoms with Gasteiger partial charge in [0.2, 0.25) is 5.91 Å². The molecule has 1 aliphatic heterocycles. The van der Waals surface area contributed by atoms with Crippen molar-refractivity contribution in [2.75, 3.05) is 23.9 Å². The number of aromatic amines is 1. The van der Waals surface area contributed by atoms with Crippen molar-refractivity contribution < 1.29 is 17.9 Å². The molecule has 0 bridgehead atoms. The molecule has 4 rings (SSSR count). The largest absolute Gasteiger partial charge is 0.494 e. The molecule has 2 aromatic rings. The van der Waals surface area contributed by atoms with Crippen LogP contribution in [0.15, 0.2) is 23.4 Å². The van der Waals surface area contributed by atoms with Crippen molar-refractivity contribution in [3.05, 3.63) is 18.2 Å². The Kier molecular flexibility index (Phi) is 6.57. The molecule has 1 aromatic carbocycles. The number of fused-ring (bicyclic) bond motifs is 1. The number of hydrogen-bond acceptors (Lipinski definition) is 6. The molecule has 0 radical (unpaired) electrons. The summed E-state index contributed by atoms with van der Waals surface area (Å²) in [5.74, 6) is 1.35. The lowest BCUT2D eigenvalue weighted by molar-refractivity contribution is -0.133. The molecule has 9 heteroatoms. The molecule has 1 amide bonds. The Balaban J connectivity index is 1.46. The molecule has 0 spiro atoms. The summed E-state index contributed by atoms with van der Waals surface area (Å²) in [5.41, 5.74) is 1.71. The number of nitrogens with one attached hydrogen (secondary N) is 1. The third-order valence-electron chi connectivity index (χ3n) is 5.93. The number of nitrogens with zero attached hydrogens (tertiary/aromatic N) is 2. The van der Waals surface area contributed by atoms with Gasteiger partial charge >= 0.3 is 0 Å². The Morgan fingerprint density at radius 2 is 2.03 bits per heavy atom. The van der Waals surface area contributed by atoms with Crippen LogP contribution in [0.5, 0.6) is 5.75 Å². The van der Waals surface area contributed by atoms with Gasteiger partial charge in [-0.2, -0.15) is 0 Å². The van der Waals surface area contributed by atoms with Gasteiger partial charge in [-0.25, -0.2) is 13.4 Å². The first-order valence-electron chi connectivity index (χ1n) is 10.7. The summed E-state index contributed by atoms with van der Waals surface area (Å²) in [6.45, 7) is 2.54. The lowest BCUT2D eigenvalue weighted by Crippen LogP contribution is -2.49. The molecule has 0 unspecified atom stereocenters. The number of benzene rings is 1. The Labute approximate surface area is 181 Å². The highest BCUT2D eigenvalue weighted by Gasteiger charge is 2.38. The smallest absolute Gasteiger partial charge is 0.233 e. The van der Waals surface area contributed by atoms with Crippen LogP contribution >= 0.6 is 11.8 Å². The third-order valence-corrected chi connectivity index (χ3v) is 8.54. The number of sulfone groups is 1. The van der Waals surface area contributed by atoms with E-state index in [-0.39, 0.29) is 35.2 Å². The van der Waals surface area contributed by atoms with Crippen molar-refractivity contribution in [1.29, 1.82) is 0 Å². The Morgan fingerprint density at radius 3 is 2.73 bits per heavy atom. The number of hydrogen-bond donors (Lipinski definition) is 1. The van der Waals surface area contributed by atoms with Gasteiger partial charge in [-0.05, 0) is 38.3 Å². The van der Waals surface area contributed by atoms with Gasteiger partial charge in [0.05, 0.1) is 34.9 Å². The van der Waals surface area contributed by atoms with Crippen molar-refractivity contribution in [2.45, 2.75) is 62.7 Å². The number of thioether (sulfide) groups is 1. The minimum atomic E-state index is -3.04. The van der Waals surface area contributed by atoms with E-state index in [1.807, 2.05) is 30.0 Å². The summed E-state index contributed by atoms with van der Waals surface area (Å²) < 4.78 is 29.6. The van der Waals surface area contributed by atoms with E-state index in [0.717, 1.165) is 42.5 Å². The molecule has 1 atom stereocenters. The lowest BCUT2D eigenvalue weighted by Gasteiger charge is -2.38. The Morgan fingerprint density at radius 1 is 1.23 bits per heavy atom. The van der Waals surface area contributed by atoms with Gasteiger partial charge in [-0.15, -0.1) is 0 Å². The summed E-state index contributed by atoms with van der Waals surface area (Å²) in [5, 5.41) is 0.689. The highest BCUT2D eigenvalue weighted by Crippen LogP contribution is 2.30. The average molecular weight is 452 g/mol. The van der Waals surface area contributed by atoms with Crippen molar-refractivity contribution in [2.24, 2.45) is 0 Å². The molecule has 1 aromatic heterocycles. The van der Waals surface area contributed by atoms with Gasteiger partial charge < -0.3 is 14.6 Å². The molecule has 164 valence electrons. The normalized spacial score (nSPS) is 21.7. The summed E-state index contributed by atoms with van der Waals surface area (Å²) in [6.07, 6.45) is 5.90. The van der Waals surface area contributed by atoms with E-state index in [1.54, 1.807) is 0 Å². The zero-order valence-corrected chi connectivity index (χ0v) is 18.9. The van der Waals surface area contributed by atoms with Crippen LogP contribution in [0.1, 0.15) is 45.4 Å². The highest BCUT2D eigenvalue weighted by atomic mass is 32.2. The van der Waals surface area contributed by atoms with Crippen LogP contribution < -0.4 is 4.74 Å². The predicted molar refractivity (Wildman–Crippen MR) is 119 cm³/mol. The van der Waals surface area contributed by atoms with E-state index in [1.165, 1.54) is 18.2 Å². The maximum Gasteiger partial charge on any atom is 0.233 e. The van der Waals surface area contributed by atoms with Gasteiger partial charge in [-0.3, -0.25) is 4.79 Å². The molecule has 2 heterocycles. The first kappa shape index (κ1) is 21.5. The molecular formula is C21H29N3O4S2. The topological polar surface area (TPSA) is 92.4 Å². The van der Waals surface area contributed by atoms with Crippen LogP contribution in [0.4, 0.5) is 0 Å². The van der Waals surface area contributed by atoms with E-state index < -0.39 is 9.84 Å². The number of aromatic nitrogens is 2. The molecule has 1 aliphatic carbocycles. The van der Waals surface area contributed by atoms with Crippen LogP contribution in [-0.2, 0) is 14.6 Å². The number of imidazole rings is 1. The fourth-order valence-electron chi connectivity index (χ4n) is 4.55. The monoisotopic (exact) mass is 451 g/mol. The van der Waals surface area contributed by atoms with Crippen LogP contribution in [0.3, 0.4) is 0 Å². The van der Waals surface area contributed by atoms with Crippen molar-refractivity contribution in [3.8, 4) is 5.75 Å². The van der Waals surface area contributed by atoms with Crippen molar-refractivity contribution in [3.63, 3.8) is 0 Å². The van der Waals surface area contributed by atoms with Gasteiger partial charge in [0.15, 0.2) is 15.0 Å². The van der Waals surface area contributed by atoms with Crippen LogP contribution in [0.2, 0.25) is 0 Å². The molecule has 1 N–H and O–H groups in total. The number of carbonyl (C=O) groups is 1. The Bertz CT molecular complexity index is 999. The number of amides is 1. The molecule has 2 aliphatic rings.